The number of Topliss-reactive ketones (excluding diaryl/α,β-unsaturated/α-hetero) is 1. The highest BCUT2D eigenvalue weighted by Crippen LogP contribution is 2.42. The predicted octanol–water partition coefficient (Wildman–Crippen LogP) is 6.89. The number of rotatable bonds is 8. The summed E-state index contributed by atoms with van der Waals surface area (Å²) < 4.78 is 6.03. The SMILES string of the molecule is Cc1cccc(N2C(=O)C(O)=C(C(=O)CCc3ccccc3)C2c2cccc(Oc3ccccc3)c2)c1. The van der Waals surface area contributed by atoms with Gasteiger partial charge in [-0.15, -0.1) is 0 Å². The molecule has 0 saturated heterocycles. The molecule has 5 nitrogen and oxygen atoms in total. The quantitative estimate of drug-likeness (QED) is 0.293. The smallest absolute Gasteiger partial charge is 0.294 e. The number of aryl methyl sites for hydroxylation is 2. The number of anilines is 1. The monoisotopic (exact) mass is 489 g/mol. The molecule has 1 amide bonds. The van der Waals surface area contributed by atoms with E-state index in [9.17, 15) is 14.7 Å². The van der Waals surface area contributed by atoms with Crippen LogP contribution in [-0.4, -0.2) is 16.8 Å². The minimum atomic E-state index is -0.781. The number of nitrogens with zero attached hydrogens (tertiary/aromatic N) is 1. The molecule has 0 aliphatic carbocycles. The number of ether oxygens (including phenoxy) is 1. The van der Waals surface area contributed by atoms with Crippen LogP contribution in [0.4, 0.5) is 5.69 Å². The second-order valence-corrected chi connectivity index (χ2v) is 9.08. The Morgan fingerprint density at radius 2 is 1.51 bits per heavy atom. The Kier molecular flexibility index (Phi) is 6.86. The summed E-state index contributed by atoms with van der Waals surface area (Å²) in [6, 6.07) is 33.1. The van der Waals surface area contributed by atoms with Crippen LogP contribution in [-0.2, 0) is 16.0 Å². The van der Waals surface area contributed by atoms with E-state index < -0.39 is 17.7 Å². The zero-order valence-corrected chi connectivity index (χ0v) is 20.5. The van der Waals surface area contributed by atoms with Crippen molar-refractivity contribution in [2.45, 2.75) is 25.8 Å². The number of carbonyl (C=O) groups excluding carboxylic acids is 2. The zero-order chi connectivity index (χ0) is 25.8. The largest absolute Gasteiger partial charge is 0.503 e. The van der Waals surface area contributed by atoms with E-state index in [2.05, 4.69) is 0 Å². The lowest BCUT2D eigenvalue weighted by molar-refractivity contribution is -0.118. The van der Waals surface area contributed by atoms with E-state index in [0.29, 0.717) is 29.2 Å². The summed E-state index contributed by atoms with van der Waals surface area (Å²) in [5.41, 5.74) is 3.38. The Balaban J connectivity index is 1.53. The Labute approximate surface area is 216 Å². The van der Waals surface area contributed by atoms with Crippen LogP contribution in [0.1, 0.15) is 29.2 Å². The summed E-state index contributed by atoms with van der Waals surface area (Å²) in [5.74, 6) is -0.103. The molecule has 1 aliphatic heterocycles. The van der Waals surface area contributed by atoms with Gasteiger partial charge in [0.05, 0.1) is 11.6 Å². The van der Waals surface area contributed by atoms with Crippen molar-refractivity contribution in [3.63, 3.8) is 0 Å². The first kappa shape index (κ1) is 24.1. The maximum Gasteiger partial charge on any atom is 0.294 e. The molecule has 184 valence electrons. The van der Waals surface area contributed by atoms with E-state index in [4.69, 9.17) is 4.74 Å². The minimum absolute atomic E-state index is 0.110. The van der Waals surface area contributed by atoms with Gasteiger partial charge in [0.2, 0.25) is 0 Å². The normalized spacial score (nSPS) is 15.2. The van der Waals surface area contributed by atoms with Crippen molar-refractivity contribution in [1.82, 2.24) is 0 Å². The molecule has 4 aromatic rings. The van der Waals surface area contributed by atoms with E-state index in [0.717, 1.165) is 11.1 Å². The van der Waals surface area contributed by atoms with E-state index in [1.54, 1.807) is 0 Å². The number of aliphatic hydroxyl groups is 1. The molecule has 5 rings (SSSR count). The van der Waals surface area contributed by atoms with Crippen LogP contribution < -0.4 is 9.64 Å². The highest BCUT2D eigenvalue weighted by atomic mass is 16.5. The number of carbonyl (C=O) groups is 2. The van der Waals surface area contributed by atoms with E-state index >= 15 is 0 Å². The maximum absolute atomic E-state index is 13.6. The fraction of sp³-hybridized carbons (Fsp3) is 0.125. The van der Waals surface area contributed by atoms with Gasteiger partial charge in [-0.05, 0) is 66.4 Å². The Morgan fingerprint density at radius 3 is 2.24 bits per heavy atom. The third kappa shape index (κ3) is 5.16. The van der Waals surface area contributed by atoms with Gasteiger partial charge in [0, 0.05) is 12.1 Å². The molecule has 0 radical (unpaired) electrons. The van der Waals surface area contributed by atoms with Crippen molar-refractivity contribution in [3.05, 3.63) is 137 Å². The van der Waals surface area contributed by atoms with Gasteiger partial charge < -0.3 is 9.84 Å². The first-order valence-electron chi connectivity index (χ1n) is 12.2. The highest BCUT2D eigenvalue weighted by molar-refractivity contribution is 6.16. The van der Waals surface area contributed by atoms with Gasteiger partial charge in [-0.3, -0.25) is 14.5 Å². The lowest BCUT2D eigenvalue weighted by atomic mass is 9.93. The minimum Gasteiger partial charge on any atom is -0.503 e. The van der Waals surface area contributed by atoms with Crippen LogP contribution in [0.5, 0.6) is 11.5 Å². The number of amides is 1. The lowest BCUT2D eigenvalue weighted by Crippen LogP contribution is -2.31. The van der Waals surface area contributed by atoms with Gasteiger partial charge in [0.15, 0.2) is 11.5 Å². The second-order valence-electron chi connectivity index (χ2n) is 9.08. The maximum atomic E-state index is 13.6. The lowest BCUT2D eigenvalue weighted by Gasteiger charge is -2.27. The highest BCUT2D eigenvalue weighted by Gasteiger charge is 2.44. The summed E-state index contributed by atoms with van der Waals surface area (Å²) >= 11 is 0. The van der Waals surface area contributed by atoms with Crippen LogP contribution >= 0.6 is 0 Å². The van der Waals surface area contributed by atoms with Gasteiger partial charge in [0.25, 0.3) is 5.91 Å². The molecule has 0 aromatic heterocycles. The van der Waals surface area contributed by atoms with Crippen molar-refractivity contribution >= 4 is 17.4 Å². The predicted molar refractivity (Wildman–Crippen MR) is 144 cm³/mol. The molecule has 1 aliphatic rings. The molecule has 0 fully saturated rings. The van der Waals surface area contributed by atoms with Gasteiger partial charge in [0.1, 0.15) is 11.5 Å². The van der Waals surface area contributed by atoms with Crippen LogP contribution in [0, 0.1) is 6.92 Å². The molecule has 0 bridgehead atoms. The first-order valence-corrected chi connectivity index (χ1v) is 12.2. The van der Waals surface area contributed by atoms with Crippen molar-refractivity contribution in [1.29, 1.82) is 0 Å². The molecule has 1 atom stereocenters. The fourth-order valence-electron chi connectivity index (χ4n) is 4.66. The summed E-state index contributed by atoms with van der Waals surface area (Å²) in [7, 11) is 0. The fourth-order valence-corrected chi connectivity index (χ4v) is 4.66. The molecule has 1 heterocycles. The molecule has 4 aromatic carbocycles. The number of hydrogen-bond donors (Lipinski definition) is 1. The Hall–Kier alpha value is -4.64. The van der Waals surface area contributed by atoms with Crippen molar-refractivity contribution in [2.24, 2.45) is 0 Å². The summed E-state index contributed by atoms with van der Waals surface area (Å²) in [4.78, 5) is 28.5. The molecule has 1 unspecified atom stereocenters. The van der Waals surface area contributed by atoms with Gasteiger partial charge in [-0.1, -0.05) is 72.8 Å². The average Bonchev–Trinajstić information content (AvgIpc) is 3.19. The van der Waals surface area contributed by atoms with Crippen molar-refractivity contribution in [3.8, 4) is 11.5 Å². The summed E-state index contributed by atoms with van der Waals surface area (Å²) in [6.45, 7) is 1.94. The average molecular weight is 490 g/mol. The van der Waals surface area contributed by atoms with Crippen LogP contribution in [0.15, 0.2) is 121 Å². The van der Waals surface area contributed by atoms with Crippen LogP contribution in [0.25, 0.3) is 0 Å². The van der Waals surface area contributed by atoms with Crippen LogP contribution in [0.2, 0.25) is 0 Å². The number of hydrogen-bond acceptors (Lipinski definition) is 4. The van der Waals surface area contributed by atoms with Gasteiger partial charge >= 0.3 is 0 Å². The topological polar surface area (TPSA) is 66.8 Å². The molecule has 0 spiro atoms. The Bertz CT molecular complexity index is 1460. The first-order chi connectivity index (χ1) is 18.0. The Morgan fingerprint density at radius 1 is 0.838 bits per heavy atom. The standard InChI is InChI=1S/C32H27NO4/c1-22-10-8-14-25(20-22)33-30(24-13-9-17-27(21-24)37-26-15-6-3-7-16-26)29(31(35)32(33)36)28(34)19-18-23-11-4-2-5-12-23/h2-17,20-21,30,35H,18-19H2,1H3. The van der Waals surface area contributed by atoms with E-state index in [1.165, 1.54) is 4.90 Å². The second kappa shape index (κ2) is 10.5. The molecule has 0 saturated carbocycles. The van der Waals surface area contributed by atoms with E-state index in [-0.39, 0.29) is 17.8 Å². The molecular weight excluding hydrogens is 462 g/mol. The molecular formula is C32H27NO4. The summed E-state index contributed by atoms with van der Waals surface area (Å²) in [5, 5.41) is 11.0. The molecule has 1 N–H and O–H groups in total. The van der Waals surface area contributed by atoms with Crippen molar-refractivity contribution < 1.29 is 19.4 Å². The molecule has 37 heavy (non-hydrogen) atoms. The summed E-state index contributed by atoms with van der Waals surface area (Å²) in [6.07, 6.45) is 0.689. The van der Waals surface area contributed by atoms with Gasteiger partial charge in [-0.25, -0.2) is 0 Å². The number of para-hydroxylation sites is 1. The van der Waals surface area contributed by atoms with Crippen molar-refractivity contribution in [2.75, 3.05) is 4.90 Å². The molecule has 5 heteroatoms. The number of aliphatic hydroxyl groups excluding tert-OH is 1. The van der Waals surface area contributed by atoms with Crippen LogP contribution in [0.3, 0.4) is 0 Å². The number of benzene rings is 4. The third-order valence-corrected chi connectivity index (χ3v) is 6.42. The zero-order valence-electron chi connectivity index (χ0n) is 20.5. The van der Waals surface area contributed by atoms with E-state index in [1.807, 2.05) is 116 Å². The number of ketones is 1. The third-order valence-electron chi connectivity index (χ3n) is 6.42. The van der Waals surface area contributed by atoms with Gasteiger partial charge in [-0.2, -0.15) is 0 Å².